The van der Waals surface area contributed by atoms with Crippen LogP contribution in [-0.4, -0.2) is 22.8 Å². The van der Waals surface area contributed by atoms with Gasteiger partial charge in [-0.2, -0.15) is 0 Å². The van der Waals surface area contributed by atoms with Gasteiger partial charge in [-0.05, 0) is 24.6 Å². The van der Waals surface area contributed by atoms with E-state index in [0.29, 0.717) is 17.9 Å². The number of aliphatic carboxylic acids is 1. The minimum absolute atomic E-state index is 0.296. The largest absolute Gasteiger partial charge is 0.494 e. The van der Waals surface area contributed by atoms with Crippen molar-refractivity contribution in [1.29, 1.82) is 0 Å². The summed E-state index contributed by atoms with van der Waals surface area (Å²) < 4.78 is 5.24. The Morgan fingerprint density at radius 2 is 2.27 bits per heavy atom. The van der Waals surface area contributed by atoms with Gasteiger partial charge in [0.1, 0.15) is 5.75 Å². The molecule has 0 aliphatic carbocycles. The van der Waals surface area contributed by atoms with Crippen LogP contribution < -0.4 is 4.74 Å². The van der Waals surface area contributed by atoms with Crippen LogP contribution in [0.5, 0.6) is 5.75 Å². The summed E-state index contributed by atoms with van der Waals surface area (Å²) in [5, 5.41) is 18.1. The second kappa shape index (κ2) is 5.36. The zero-order chi connectivity index (χ0) is 11.3. The molecule has 1 atom stereocenters. The van der Waals surface area contributed by atoms with Crippen LogP contribution in [0.3, 0.4) is 0 Å². The summed E-state index contributed by atoms with van der Waals surface area (Å²) in [4.78, 5) is 10.4. The van der Waals surface area contributed by atoms with Crippen LogP contribution in [0.2, 0.25) is 0 Å². The molecule has 1 aromatic rings. The standard InChI is InChI=1S/C11H14O4/c1-2-15-9-5-3-4-8(6-9)10(12)7-11(13)14/h3-6,10,12H,2,7H2,1H3,(H,13,14)/t10-/m1/s1. The first-order valence-corrected chi connectivity index (χ1v) is 4.76. The number of carbonyl (C=O) groups is 1. The summed E-state index contributed by atoms with van der Waals surface area (Å²) in [7, 11) is 0. The Bertz CT molecular complexity index is 335. The van der Waals surface area contributed by atoms with Crippen LogP contribution in [0.15, 0.2) is 24.3 Å². The number of carboxylic acids is 1. The van der Waals surface area contributed by atoms with Gasteiger partial charge >= 0.3 is 5.97 Å². The molecule has 0 unspecified atom stereocenters. The van der Waals surface area contributed by atoms with Crippen LogP contribution in [-0.2, 0) is 4.79 Å². The molecule has 15 heavy (non-hydrogen) atoms. The minimum atomic E-state index is -1.02. The normalized spacial score (nSPS) is 12.1. The highest BCUT2D eigenvalue weighted by molar-refractivity contribution is 5.67. The molecule has 2 N–H and O–H groups in total. The van der Waals surface area contributed by atoms with Crippen molar-refractivity contribution in [2.75, 3.05) is 6.61 Å². The molecule has 0 aliphatic rings. The Labute approximate surface area is 88.1 Å². The molecule has 0 spiro atoms. The summed E-state index contributed by atoms with van der Waals surface area (Å²) in [5.41, 5.74) is 0.559. The summed E-state index contributed by atoms with van der Waals surface area (Å²) in [6.07, 6.45) is -1.28. The lowest BCUT2D eigenvalue weighted by atomic mass is 10.1. The summed E-state index contributed by atoms with van der Waals surface area (Å²) in [6.45, 7) is 2.40. The number of aliphatic hydroxyl groups excluding tert-OH is 1. The van der Waals surface area contributed by atoms with Crippen molar-refractivity contribution >= 4 is 5.97 Å². The first-order chi connectivity index (χ1) is 7.13. The summed E-state index contributed by atoms with van der Waals surface area (Å²) >= 11 is 0. The average Bonchev–Trinajstić information content (AvgIpc) is 2.17. The van der Waals surface area contributed by atoms with Crippen molar-refractivity contribution in [3.63, 3.8) is 0 Å². The van der Waals surface area contributed by atoms with E-state index in [-0.39, 0.29) is 6.42 Å². The van der Waals surface area contributed by atoms with Gasteiger partial charge in [-0.1, -0.05) is 12.1 Å². The SMILES string of the molecule is CCOc1cccc([C@H](O)CC(=O)O)c1. The van der Waals surface area contributed by atoms with Gasteiger partial charge in [0, 0.05) is 0 Å². The molecule has 82 valence electrons. The number of ether oxygens (including phenoxy) is 1. The molecule has 0 bridgehead atoms. The second-order valence-electron chi connectivity index (χ2n) is 3.12. The lowest BCUT2D eigenvalue weighted by Crippen LogP contribution is -2.05. The van der Waals surface area contributed by atoms with E-state index in [4.69, 9.17) is 9.84 Å². The molecule has 0 radical (unpaired) electrons. The predicted molar refractivity (Wildman–Crippen MR) is 54.8 cm³/mol. The van der Waals surface area contributed by atoms with Gasteiger partial charge in [-0.3, -0.25) is 4.79 Å². The summed E-state index contributed by atoms with van der Waals surface area (Å²) in [6, 6.07) is 6.82. The maximum Gasteiger partial charge on any atom is 0.306 e. The highest BCUT2D eigenvalue weighted by Gasteiger charge is 2.12. The van der Waals surface area contributed by atoms with Crippen molar-refractivity contribution in [1.82, 2.24) is 0 Å². The Morgan fingerprint density at radius 3 is 2.87 bits per heavy atom. The van der Waals surface area contributed by atoms with Crippen molar-refractivity contribution in [2.45, 2.75) is 19.4 Å². The van der Waals surface area contributed by atoms with Gasteiger partial charge in [0.15, 0.2) is 0 Å². The average molecular weight is 210 g/mol. The maximum atomic E-state index is 10.4. The molecule has 0 aliphatic heterocycles. The molecule has 0 fully saturated rings. The highest BCUT2D eigenvalue weighted by atomic mass is 16.5. The molecule has 0 amide bonds. The van der Waals surface area contributed by atoms with Gasteiger partial charge in [0.25, 0.3) is 0 Å². The Balaban J connectivity index is 2.75. The molecule has 0 saturated carbocycles. The third-order valence-electron chi connectivity index (χ3n) is 1.92. The lowest BCUT2D eigenvalue weighted by molar-refractivity contribution is -0.139. The number of rotatable bonds is 5. The topological polar surface area (TPSA) is 66.8 Å². The Morgan fingerprint density at radius 1 is 1.53 bits per heavy atom. The third-order valence-corrected chi connectivity index (χ3v) is 1.92. The lowest BCUT2D eigenvalue weighted by Gasteiger charge is -2.10. The monoisotopic (exact) mass is 210 g/mol. The van der Waals surface area contributed by atoms with E-state index in [1.54, 1.807) is 24.3 Å². The fraction of sp³-hybridized carbons (Fsp3) is 0.364. The molecule has 1 rings (SSSR count). The van der Waals surface area contributed by atoms with Crippen LogP contribution in [0.4, 0.5) is 0 Å². The number of benzene rings is 1. The van der Waals surface area contributed by atoms with Gasteiger partial charge in [-0.15, -0.1) is 0 Å². The van der Waals surface area contributed by atoms with Gasteiger partial charge in [-0.25, -0.2) is 0 Å². The Hall–Kier alpha value is -1.55. The predicted octanol–water partition coefficient (Wildman–Crippen LogP) is 1.59. The molecular weight excluding hydrogens is 196 g/mol. The Kier molecular flexibility index (Phi) is 4.12. The van der Waals surface area contributed by atoms with Crippen molar-refractivity contribution in [3.05, 3.63) is 29.8 Å². The van der Waals surface area contributed by atoms with E-state index >= 15 is 0 Å². The van der Waals surface area contributed by atoms with E-state index in [9.17, 15) is 9.90 Å². The zero-order valence-electron chi connectivity index (χ0n) is 8.51. The zero-order valence-corrected chi connectivity index (χ0v) is 8.51. The van der Waals surface area contributed by atoms with E-state index in [1.165, 1.54) is 0 Å². The number of aliphatic hydroxyl groups is 1. The number of hydrogen-bond acceptors (Lipinski definition) is 3. The van der Waals surface area contributed by atoms with Crippen molar-refractivity contribution in [2.24, 2.45) is 0 Å². The molecule has 0 saturated heterocycles. The fourth-order valence-corrected chi connectivity index (χ4v) is 1.26. The van der Waals surface area contributed by atoms with Crippen LogP contribution >= 0.6 is 0 Å². The number of carboxylic acid groups (broad SMARTS) is 1. The van der Waals surface area contributed by atoms with Gasteiger partial charge in [0.2, 0.25) is 0 Å². The van der Waals surface area contributed by atoms with Gasteiger partial charge in [0.05, 0.1) is 19.1 Å². The fourth-order valence-electron chi connectivity index (χ4n) is 1.26. The highest BCUT2D eigenvalue weighted by Crippen LogP contribution is 2.21. The van der Waals surface area contributed by atoms with Crippen molar-refractivity contribution in [3.8, 4) is 5.75 Å². The molecule has 1 aromatic carbocycles. The smallest absolute Gasteiger partial charge is 0.306 e. The quantitative estimate of drug-likeness (QED) is 0.774. The maximum absolute atomic E-state index is 10.4. The van der Waals surface area contributed by atoms with E-state index in [0.717, 1.165) is 0 Å². The van der Waals surface area contributed by atoms with Crippen LogP contribution in [0.25, 0.3) is 0 Å². The van der Waals surface area contributed by atoms with Crippen LogP contribution in [0.1, 0.15) is 25.0 Å². The molecule has 4 nitrogen and oxygen atoms in total. The number of hydrogen-bond donors (Lipinski definition) is 2. The van der Waals surface area contributed by atoms with E-state index < -0.39 is 12.1 Å². The van der Waals surface area contributed by atoms with Crippen LogP contribution in [0, 0.1) is 0 Å². The third kappa shape index (κ3) is 3.59. The molecule has 0 heterocycles. The molecular formula is C11H14O4. The second-order valence-corrected chi connectivity index (χ2v) is 3.12. The van der Waals surface area contributed by atoms with Crippen molar-refractivity contribution < 1.29 is 19.7 Å². The van der Waals surface area contributed by atoms with E-state index in [1.807, 2.05) is 6.92 Å². The van der Waals surface area contributed by atoms with E-state index in [2.05, 4.69) is 0 Å². The summed E-state index contributed by atoms with van der Waals surface area (Å²) in [5.74, 6) is -0.385. The van der Waals surface area contributed by atoms with Gasteiger partial charge < -0.3 is 14.9 Å². The minimum Gasteiger partial charge on any atom is -0.494 e. The first-order valence-electron chi connectivity index (χ1n) is 4.76. The molecule has 0 aromatic heterocycles. The molecule has 4 heteroatoms. The first kappa shape index (κ1) is 11.5.